The van der Waals surface area contributed by atoms with E-state index >= 15 is 0 Å². The molecule has 0 spiro atoms. The molecule has 9 nitrogen and oxygen atoms in total. The van der Waals surface area contributed by atoms with Gasteiger partial charge in [-0.1, -0.05) is 25.0 Å². The van der Waals surface area contributed by atoms with Crippen molar-refractivity contribution in [2.24, 2.45) is 5.92 Å². The van der Waals surface area contributed by atoms with Gasteiger partial charge in [0.2, 0.25) is 6.23 Å². The Balaban J connectivity index is 0.00000341. The third-order valence-corrected chi connectivity index (χ3v) is 6.59. The van der Waals surface area contributed by atoms with Crippen molar-refractivity contribution in [2.45, 2.75) is 61.9 Å². The summed E-state index contributed by atoms with van der Waals surface area (Å²) in [6, 6.07) is 6.53. The van der Waals surface area contributed by atoms with Gasteiger partial charge in [-0.15, -0.1) is 0 Å². The molecule has 6 N–H and O–H groups in total. The van der Waals surface area contributed by atoms with Crippen LogP contribution in [-0.4, -0.2) is 92.4 Å². The van der Waals surface area contributed by atoms with Crippen LogP contribution in [0.3, 0.4) is 0 Å². The number of hydrogen-bond acceptors (Lipinski definition) is 7. The molecule has 3 rings (SSSR count). The van der Waals surface area contributed by atoms with Crippen LogP contribution in [0.1, 0.15) is 31.2 Å². The summed E-state index contributed by atoms with van der Waals surface area (Å²) in [6.45, 7) is 0.322. The van der Waals surface area contributed by atoms with Crippen LogP contribution in [0.5, 0.6) is 5.75 Å². The Morgan fingerprint density at radius 1 is 1.16 bits per heavy atom. The summed E-state index contributed by atoms with van der Waals surface area (Å²) in [5.41, 5.74) is -0.590. The first-order valence-corrected chi connectivity index (χ1v) is 10.2. The average molecular weight is 462 g/mol. The van der Waals surface area contributed by atoms with Gasteiger partial charge in [0, 0.05) is 5.92 Å². The molecular formula is C21H32ClNO8. The fourth-order valence-corrected chi connectivity index (χ4v) is 4.94. The monoisotopic (exact) mass is 461 g/mol. The minimum absolute atomic E-state index is 0. The van der Waals surface area contributed by atoms with Crippen molar-refractivity contribution < 1.29 is 57.1 Å². The van der Waals surface area contributed by atoms with Gasteiger partial charge >= 0.3 is 5.97 Å². The van der Waals surface area contributed by atoms with E-state index in [2.05, 4.69) is 0 Å². The minimum atomic E-state index is -1.74. The zero-order chi connectivity index (χ0) is 22.3. The predicted molar refractivity (Wildman–Crippen MR) is 105 cm³/mol. The van der Waals surface area contributed by atoms with E-state index in [1.165, 1.54) is 6.07 Å². The Hall–Kier alpha value is -1.46. The van der Waals surface area contributed by atoms with Crippen LogP contribution in [-0.2, 0) is 15.1 Å². The third-order valence-electron chi connectivity index (χ3n) is 6.59. The van der Waals surface area contributed by atoms with Crippen LogP contribution < -0.4 is 12.4 Å². The molecule has 176 valence electrons. The Bertz CT molecular complexity index is 778. The summed E-state index contributed by atoms with van der Waals surface area (Å²) >= 11 is 0. The lowest BCUT2D eigenvalue weighted by atomic mass is 9.71. The topological polar surface area (TPSA) is 148 Å². The number of rotatable bonds is 5. The summed E-state index contributed by atoms with van der Waals surface area (Å²) < 4.78 is 5.51. The number of hydrogen-bond donors (Lipinski definition) is 6. The number of aliphatic hydroxyl groups is 4. The lowest BCUT2D eigenvalue weighted by Crippen LogP contribution is -3.00. The van der Waals surface area contributed by atoms with Crippen LogP contribution in [0.2, 0.25) is 0 Å². The second-order valence-corrected chi connectivity index (χ2v) is 9.14. The number of aliphatic carboxylic acids is 1. The fraction of sp³-hybridized carbons (Fsp3) is 0.667. The van der Waals surface area contributed by atoms with Crippen molar-refractivity contribution >= 4 is 5.97 Å². The summed E-state index contributed by atoms with van der Waals surface area (Å²) in [6.07, 6.45) is -4.75. The Morgan fingerprint density at radius 3 is 2.45 bits per heavy atom. The average Bonchev–Trinajstić information content (AvgIpc) is 2.67. The van der Waals surface area contributed by atoms with Gasteiger partial charge in [-0.05, 0) is 30.5 Å². The van der Waals surface area contributed by atoms with Crippen molar-refractivity contribution in [1.82, 2.24) is 0 Å². The first-order chi connectivity index (χ1) is 14.0. The summed E-state index contributed by atoms with van der Waals surface area (Å²) in [4.78, 5) is 11.5. The molecule has 1 aliphatic carbocycles. The van der Waals surface area contributed by atoms with E-state index in [1.54, 1.807) is 32.3 Å². The van der Waals surface area contributed by atoms with Crippen LogP contribution >= 0.6 is 0 Å². The highest BCUT2D eigenvalue weighted by Gasteiger charge is 2.54. The number of phenolic OH excluding ortho intramolecular Hbond substituents is 1. The fourth-order valence-electron chi connectivity index (χ4n) is 4.94. The van der Waals surface area contributed by atoms with Crippen molar-refractivity contribution in [3.05, 3.63) is 29.8 Å². The second kappa shape index (κ2) is 9.58. The smallest absolute Gasteiger partial charge is 0.335 e. The Morgan fingerprint density at radius 2 is 1.84 bits per heavy atom. The maximum Gasteiger partial charge on any atom is 0.335 e. The molecule has 0 radical (unpaired) electrons. The van der Waals surface area contributed by atoms with Crippen LogP contribution in [0.25, 0.3) is 0 Å². The van der Waals surface area contributed by atoms with Gasteiger partial charge in [-0.25, -0.2) is 4.79 Å². The largest absolute Gasteiger partial charge is 1.00 e. The van der Waals surface area contributed by atoms with Gasteiger partial charge < -0.3 is 52.3 Å². The van der Waals surface area contributed by atoms with Gasteiger partial charge in [-0.3, -0.25) is 0 Å². The van der Waals surface area contributed by atoms with Crippen molar-refractivity contribution in [3.63, 3.8) is 0 Å². The molecule has 2 aliphatic rings. The number of benzene rings is 1. The number of phenols is 1. The number of likely N-dealkylation sites (N-methyl/N-ethyl adjacent to an activating group) is 1. The first kappa shape index (κ1) is 25.8. The molecule has 1 aliphatic heterocycles. The van der Waals surface area contributed by atoms with Crippen LogP contribution in [0, 0.1) is 5.92 Å². The maximum atomic E-state index is 11.6. The maximum absolute atomic E-state index is 11.6. The molecule has 2 fully saturated rings. The zero-order valence-corrected chi connectivity index (χ0v) is 18.4. The molecule has 10 heteroatoms. The second-order valence-electron chi connectivity index (χ2n) is 9.14. The number of aromatic hydroxyl groups is 1. The Kier molecular flexibility index (Phi) is 7.97. The third kappa shape index (κ3) is 4.98. The summed E-state index contributed by atoms with van der Waals surface area (Å²) in [5, 5.41) is 61.4. The first-order valence-electron chi connectivity index (χ1n) is 10.2. The molecule has 1 saturated heterocycles. The van der Waals surface area contributed by atoms with E-state index in [1.807, 2.05) is 0 Å². The molecule has 0 amide bonds. The highest BCUT2D eigenvalue weighted by molar-refractivity contribution is 5.73. The van der Waals surface area contributed by atoms with Crippen LogP contribution in [0.4, 0.5) is 0 Å². The van der Waals surface area contributed by atoms with Gasteiger partial charge in [-0.2, -0.15) is 0 Å². The normalized spacial score (nSPS) is 36.5. The lowest BCUT2D eigenvalue weighted by molar-refractivity contribution is -0.948. The van der Waals surface area contributed by atoms with E-state index in [0.717, 1.165) is 12.8 Å². The number of nitrogens with zero attached hydrogens (tertiary/aromatic N) is 1. The van der Waals surface area contributed by atoms with Gasteiger partial charge in [0.15, 0.2) is 12.2 Å². The molecule has 1 heterocycles. The Labute approximate surface area is 187 Å². The molecule has 1 aromatic carbocycles. The van der Waals surface area contributed by atoms with Crippen molar-refractivity contribution in [1.29, 1.82) is 0 Å². The summed E-state index contributed by atoms with van der Waals surface area (Å²) in [5.74, 6) is -1.62. The van der Waals surface area contributed by atoms with E-state index in [4.69, 9.17) is 4.74 Å². The van der Waals surface area contributed by atoms with E-state index in [0.29, 0.717) is 24.9 Å². The van der Waals surface area contributed by atoms with Crippen molar-refractivity contribution in [2.75, 3.05) is 20.6 Å². The number of aliphatic hydroxyl groups excluding tert-OH is 3. The molecule has 1 aromatic rings. The molecule has 7 unspecified atom stereocenters. The molecule has 7 atom stereocenters. The highest BCUT2D eigenvalue weighted by Crippen LogP contribution is 2.44. The zero-order valence-electron chi connectivity index (χ0n) is 17.6. The van der Waals surface area contributed by atoms with E-state index < -0.39 is 42.2 Å². The molecule has 0 bridgehead atoms. The predicted octanol–water partition coefficient (Wildman–Crippen LogP) is -3.26. The van der Waals surface area contributed by atoms with E-state index in [-0.39, 0.29) is 28.6 Å². The number of carboxylic acids is 1. The standard InChI is InChI=1S/C21H31NO8.ClH/c1-22(2,19-17(26)15(24)16(25)18(30-19)20(27)28)11-13-6-3-4-9-21(13,29)12-7-5-8-14(23)10-12;/h5,7-8,10,13,15-19,24-26,29H,3-4,6,9,11H2,1-2H3,(H-,23,27,28);1H. The number of carboxylic acid groups (broad SMARTS) is 1. The number of ether oxygens (including phenoxy) is 1. The molecule has 1 saturated carbocycles. The van der Waals surface area contributed by atoms with Gasteiger partial charge in [0.1, 0.15) is 18.0 Å². The molecule has 0 aromatic heterocycles. The lowest BCUT2D eigenvalue weighted by Gasteiger charge is -2.50. The molecular weight excluding hydrogens is 430 g/mol. The number of carbonyl (C=O) groups is 1. The van der Waals surface area contributed by atoms with Crippen LogP contribution in [0.15, 0.2) is 24.3 Å². The number of quaternary nitrogens is 1. The minimum Gasteiger partial charge on any atom is -1.00 e. The molecule has 31 heavy (non-hydrogen) atoms. The van der Waals surface area contributed by atoms with Crippen molar-refractivity contribution in [3.8, 4) is 5.75 Å². The quantitative estimate of drug-likeness (QED) is 0.250. The van der Waals surface area contributed by atoms with Gasteiger partial charge in [0.25, 0.3) is 0 Å². The summed E-state index contributed by atoms with van der Waals surface area (Å²) in [7, 11) is 3.46. The SMILES string of the molecule is C[N+](C)(CC1CCCCC1(O)c1cccc(O)c1)C1OC(C(=O)O)C(O)C(O)C1O.[Cl-]. The highest BCUT2D eigenvalue weighted by atomic mass is 35.5. The van der Waals surface area contributed by atoms with E-state index in [9.17, 15) is 35.4 Å². The van der Waals surface area contributed by atoms with Gasteiger partial charge in [0.05, 0.1) is 26.2 Å². The number of halogens is 1.